The number of amides is 1. The molecule has 0 bridgehead atoms. The van der Waals surface area contributed by atoms with Gasteiger partial charge in [-0.1, -0.05) is 24.3 Å². The Bertz CT molecular complexity index is 420. The van der Waals surface area contributed by atoms with Crippen molar-refractivity contribution in [3.05, 3.63) is 35.4 Å². The largest absolute Gasteiger partial charge is 0.383 e. The van der Waals surface area contributed by atoms with E-state index in [9.17, 15) is 4.79 Å². The summed E-state index contributed by atoms with van der Waals surface area (Å²) >= 11 is 0. The number of hydrogen-bond donors (Lipinski definition) is 2. The Kier molecular flexibility index (Phi) is 5.36. The molecule has 0 heterocycles. The fraction of sp³-hybridized carbons (Fsp3) is 0.533. The average Bonchev–Trinajstić information content (AvgIpc) is 2.86. The molecule has 1 aliphatic carbocycles. The number of benzene rings is 1. The number of aryl methyl sites for hydroxylation is 1. The minimum Gasteiger partial charge on any atom is -0.383 e. The van der Waals surface area contributed by atoms with Crippen molar-refractivity contribution in [2.75, 3.05) is 33.4 Å². The topological polar surface area (TPSA) is 50.4 Å². The summed E-state index contributed by atoms with van der Waals surface area (Å²) in [6.45, 7) is 2.97. The summed E-state index contributed by atoms with van der Waals surface area (Å²) in [5.41, 5.74) is 2.52. The SMILES string of the molecule is COCCNCCNC(=O)C1CCc2ccccc21. The summed E-state index contributed by atoms with van der Waals surface area (Å²) in [5, 5.41) is 6.21. The van der Waals surface area contributed by atoms with Gasteiger partial charge in [0.1, 0.15) is 0 Å². The second-order valence-electron chi connectivity index (χ2n) is 4.82. The Hall–Kier alpha value is -1.39. The smallest absolute Gasteiger partial charge is 0.227 e. The van der Waals surface area contributed by atoms with Crippen LogP contribution in [0.2, 0.25) is 0 Å². The number of fused-ring (bicyclic) bond motifs is 1. The molecular formula is C15H22N2O2. The first-order chi connectivity index (χ1) is 9.33. The highest BCUT2D eigenvalue weighted by Gasteiger charge is 2.27. The van der Waals surface area contributed by atoms with Crippen molar-refractivity contribution in [3.8, 4) is 0 Å². The summed E-state index contributed by atoms with van der Waals surface area (Å²) in [6, 6.07) is 8.24. The molecule has 0 radical (unpaired) electrons. The quantitative estimate of drug-likeness (QED) is 0.723. The van der Waals surface area contributed by atoms with Crippen molar-refractivity contribution < 1.29 is 9.53 Å². The van der Waals surface area contributed by atoms with Gasteiger partial charge in [-0.2, -0.15) is 0 Å². The number of ether oxygens (including phenoxy) is 1. The Morgan fingerprint density at radius 1 is 1.32 bits per heavy atom. The predicted molar refractivity (Wildman–Crippen MR) is 75.3 cm³/mol. The lowest BCUT2D eigenvalue weighted by Crippen LogP contribution is -2.35. The van der Waals surface area contributed by atoms with Crippen LogP contribution in [0.25, 0.3) is 0 Å². The number of nitrogens with one attached hydrogen (secondary N) is 2. The second-order valence-corrected chi connectivity index (χ2v) is 4.82. The van der Waals surface area contributed by atoms with Crippen LogP contribution in [0.15, 0.2) is 24.3 Å². The first-order valence-corrected chi connectivity index (χ1v) is 6.88. The van der Waals surface area contributed by atoms with E-state index < -0.39 is 0 Å². The van der Waals surface area contributed by atoms with Crippen LogP contribution >= 0.6 is 0 Å². The molecule has 104 valence electrons. The molecule has 0 aromatic heterocycles. The number of rotatable bonds is 7. The molecule has 1 unspecified atom stereocenters. The molecule has 1 aromatic rings. The van der Waals surface area contributed by atoms with Crippen molar-refractivity contribution >= 4 is 5.91 Å². The fourth-order valence-electron chi connectivity index (χ4n) is 2.53. The Morgan fingerprint density at radius 2 is 2.16 bits per heavy atom. The maximum Gasteiger partial charge on any atom is 0.227 e. The molecule has 1 atom stereocenters. The van der Waals surface area contributed by atoms with Gasteiger partial charge in [0.05, 0.1) is 12.5 Å². The van der Waals surface area contributed by atoms with Crippen molar-refractivity contribution in [2.24, 2.45) is 0 Å². The lowest BCUT2D eigenvalue weighted by Gasteiger charge is -2.12. The molecule has 0 saturated heterocycles. The highest BCUT2D eigenvalue weighted by molar-refractivity contribution is 5.84. The molecular weight excluding hydrogens is 240 g/mol. The van der Waals surface area contributed by atoms with E-state index in [1.165, 1.54) is 11.1 Å². The third-order valence-electron chi connectivity index (χ3n) is 3.53. The molecule has 4 heteroatoms. The van der Waals surface area contributed by atoms with Crippen molar-refractivity contribution in [1.29, 1.82) is 0 Å². The Labute approximate surface area is 114 Å². The summed E-state index contributed by atoms with van der Waals surface area (Å²) in [4.78, 5) is 12.1. The third-order valence-corrected chi connectivity index (χ3v) is 3.53. The minimum absolute atomic E-state index is 0.0372. The van der Waals surface area contributed by atoms with Gasteiger partial charge >= 0.3 is 0 Å². The van der Waals surface area contributed by atoms with Crippen LogP contribution in [0, 0.1) is 0 Å². The summed E-state index contributed by atoms with van der Waals surface area (Å²) in [5.74, 6) is 0.189. The molecule has 0 saturated carbocycles. The summed E-state index contributed by atoms with van der Waals surface area (Å²) < 4.78 is 4.94. The summed E-state index contributed by atoms with van der Waals surface area (Å²) in [7, 11) is 1.68. The first-order valence-electron chi connectivity index (χ1n) is 6.88. The molecule has 2 rings (SSSR count). The molecule has 1 aliphatic rings. The van der Waals surface area contributed by atoms with Gasteiger partial charge in [0.25, 0.3) is 0 Å². The van der Waals surface area contributed by atoms with E-state index in [1.54, 1.807) is 7.11 Å². The molecule has 2 N–H and O–H groups in total. The summed E-state index contributed by atoms with van der Waals surface area (Å²) in [6.07, 6.45) is 1.95. The van der Waals surface area contributed by atoms with Crippen LogP contribution in [0.3, 0.4) is 0 Å². The van der Waals surface area contributed by atoms with Gasteiger partial charge in [0.15, 0.2) is 0 Å². The van der Waals surface area contributed by atoms with Gasteiger partial charge in [-0.15, -0.1) is 0 Å². The maximum atomic E-state index is 12.1. The van der Waals surface area contributed by atoms with Crippen LogP contribution in [0.4, 0.5) is 0 Å². The van der Waals surface area contributed by atoms with Crippen molar-refractivity contribution in [2.45, 2.75) is 18.8 Å². The van der Waals surface area contributed by atoms with Gasteiger partial charge in [0, 0.05) is 26.7 Å². The van der Waals surface area contributed by atoms with Crippen molar-refractivity contribution in [1.82, 2.24) is 10.6 Å². The van der Waals surface area contributed by atoms with E-state index >= 15 is 0 Å². The highest BCUT2D eigenvalue weighted by Crippen LogP contribution is 2.32. The van der Waals surface area contributed by atoms with Gasteiger partial charge in [-0.05, 0) is 24.0 Å². The zero-order chi connectivity index (χ0) is 13.5. The predicted octanol–water partition coefficient (Wildman–Crippen LogP) is 1.07. The van der Waals surface area contributed by atoms with E-state index in [4.69, 9.17) is 4.74 Å². The van der Waals surface area contributed by atoms with E-state index in [0.717, 1.165) is 25.9 Å². The van der Waals surface area contributed by atoms with Crippen LogP contribution in [-0.2, 0) is 16.0 Å². The number of carbonyl (C=O) groups excluding carboxylic acids is 1. The second kappa shape index (κ2) is 7.26. The van der Waals surface area contributed by atoms with Gasteiger partial charge in [-0.3, -0.25) is 4.79 Å². The van der Waals surface area contributed by atoms with Gasteiger partial charge in [-0.25, -0.2) is 0 Å². The molecule has 0 aliphatic heterocycles. The molecule has 19 heavy (non-hydrogen) atoms. The molecule has 1 amide bonds. The number of carbonyl (C=O) groups is 1. The minimum atomic E-state index is 0.0372. The average molecular weight is 262 g/mol. The van der Waals surface area contributed by atoms with Crippen LogP contribution in [0.5, 0.6) is 0 Å². The standard InChI is InChI=1S/C15H22N2O2/c1-19-11-10-16-8-9-17-15(18)14-7-6-12-4-2-3-5-13(12)14/h2-5,14,16H,6-11H2,1H3,(H,17,18). The van der Waals surface area contributed by atoms with E-state index in [1.807, 2.05) is 12.1 Å². The monoisotopic (exact) mass is 262 g/mol. The molecule has 4 nitrogen and oxygen atoms in total. The van der Waals surface area contributed by atoms with Crippen LogP contribution in [-0.4, -0.2) is 39.3 Å². The zero-order valence-electron chi connectivity index (χ0n) is 11.4. The first kappa shape index (κ1) is 14.0. The normalized spacial score (nSPS) is 17.2. The van der Waals surface area contributed by atoms with E-state index in [0.29, 0.717) is 13.2 Å². The van der Waals surface area contributed by atoms with Gasteiger partial charge in [0.2, 0.25) is 5.91 Å². The molecule has 1 aromatic carbocycles. The van der Waals surface area contributed by atoms with Crippen LogP contribution in [0.1, 0.15) is 23.5 Å². The third kappa shape index (κ3) is 3.78. The zero-order valence-corrected chi connectivity index (χ0v) is 11.4. The Balaban J connectivity index is 1.73. The molecule has 0 spiro atoms. The maximum absolute atomic E-state index is 12.1. The number of methoxy groups -OCH3 is 1. The Morgan fingerprint density at radius 3 is 3.00 bits per heavy atom. The lowest BCUT2D eigenvalue weighted by molar-refractivity contribution is -0.122. The molecule has 0 fully saturated rings. The van der Waals surface area contributed by atoms with Crippen molar-refractivity contribution in [3.63, 3.8) is 0 Å². The highest BCUT2D eigenvalue weighted by atomic mass is 16.5. The van der Waals surface area contributed by atoms with E-state index in [-0.39, 0.29) is 11.8 Å². The number of hydrogen-bond acceptors (Lipinski definition) is 3. The fourth-order valence-corrected chi connectivity index (χ4v) is 2.53. The van der Waals surface area contributed by atoms with E-state index in [2.05, 4.69) is 22.8 Å². The van der Waals surface area contributed by atoms with Gasteiger partial charge < -0.3 is 15.4 Å². The lowest BCUT2D eigenvalue weighted by atomic mass is 10.0. The van der Waals surface area contributed by atoms with Crippen LogP contribution < -0.4 is 10.6 Å².